The second-order valence-corrected chi connectivity index (χ2v) is 5.68. The molecule has 1 amide bonds. The molecular weight excluding hydrogens is 256 g/mol. The Bertz CT molecular complexity index is 482. The van der Waals surface area contributed by atoms with Crippen molar-refractivity contribution in [1.29, 1.82) is 0 Å². The van der Waals surface area contributed by atoms with E-state index in [2.05, 4.69) is 10.4 Å². The van der Waals surface area contributed by atoms with E-state index in [1.807, 2.05) is 11.6 Å². The van der Waals surface area contributed by atoms with E-state index < -0.39 is 5.54 Å². The predicted octanol–water partition coefficient (Wildman–Crippen LogP) is 0.496. The van der Waals surface area contributed by atoms with E-state index in [1.165, 1.54) is 0 Å². The first-order valence-corrected chi connectivity index (χ1v) is 7.25. The Morgan fingerprint density at radius 3 is 3.10 bits per heavy atom. The Morgan fingerprint density at radius 1 is 1.70 bits per heavy atom. The van der Waals surface area contributed by atoms with Crippen molar-refractivity contribution in [2.75, 3.05) is 6.61 Å². The highest BCUT2D eigenvalue weighted by atomic mass is 16.3. The van der Waals surface area contributed by atoms with Crippen LogP contribution in [0.5, 0.6) is 0 Å². The number of aliphatic hydroxyl groups is 1. The van der Waals surface area contributed by atoms with Crippen LogP contribution in [-0.2, 0) is 17.8 Å². The van der Waals surface area contributed by atoms with Gasteiger partial charge in [0.25, 0.3) is 0 Å². The Kier molecular flexibility index (Phi) is 4.45. The number of carbonyl (C=O) groups is 1. The topological polar surface area (TPSA) is 93.2 Å². The fraction of sp³-hybridized carbons (Fsp3) is 0.714. The number of fused-ring (bicyclic) bond motifs is 1. The van der Waals surface area contributed by atoms with Gasteiger partial charge in [-0.1, -0.05) is 6.92 Å². The fourth-order valence-electron chi connectivity index (χ4n) is 2.54. The van der Waals surface area contributed by atoms with Crippen molar-refractivity contribution in [3.05, 3.63) is 17.5 Å². The molecule has 0 spiro atoms. The SMILES string of the molecule is CCC(C)(N)C(=O)NC1CCCc2c1cnn2CCO. The van der Waals surface area contributed by atoms with Crippen LogP contribution in [0.15, 0.2) is 6.20 Å². The number of nitrogens with one attached hydrogen (secondary N) is 1. The van der Waals surface area contributed by atoms with Crippen LogP contribution in [0.2, 0.25) is 0 Å². The van der Waals surface area contributed by atoms with E-state index in [1.54, 1.807) is 13.1 Å². The van der Waals surface area contributed by atoms with Gasteiger partial charge in [0.05, 0.1) is 30.9 Å². The van der Waals surface area contributed by atoms with E-state index in [0.717, 1.165) is 30.5 Å². The molecule has 4 N–H and O–H groups in total. The summed E-state index contributed by atoms with van der Waals surface area (Å²) >= 11 is 0. The minimum Gasteiger partial charge on any atom is -0.394 e. The summed E-state index contributed by atoms with van der Waals surface area (Å²) in [6, 6.07) is -0.0203. The number of nitrogens with two attached hydrogens (primary N) is 1. The average molecular weight is 280 g/mol. The van der Waals surface area contributed by atoms with Gasteiger partial charge < -0.3 is 16.2 Å². The number of rotatable bonds is 5. The van der Waals surface area contributed by atoms with Crippen molar-refractivity contribution in [1.82, 2.24) is 15.1 Å². The number of aromatic nitrogens is 2. The predicted molar refractivity (Wildman–Crippen MR) is 76.0 cm³/mol. The molecule has 2 unspecified atom stereocenters. The van der Waals surface area contributed by atoms with Gasteiger partial charge in [-0.05, 0) is 32.6 Å². The molecule has 112 valence electrons. The molecule has 0 saturated heterocycles. The van der Waals surface area contributed by atoms with Crippen molar-refractivity contribution in [2.24, 2.45) is 5.73 Å². The van der Waals surface area contributed by atoms with Crippen LogP contribution < -0.4 is 11.1 Å². The van der Waals surface area contributed by atoms with Crippen LogP contribution >= 0.6 is 0 Å². The van der Waals surface area contributed by atoms with Crippen molar-refractivity contribution < 1.29 is 9.90 Å². The fourth-order valence-corrected chi connectivity index (χ4v) is 2.54. The Hall–Kier alpha value is -1.40. The quantitative estimate of drug-likeness (QED) is 0.732. The highest BCUT2D eigenvalue weighted by Gasteiger charge is 2.31. The van der Waals surface area contributed by atoms with Crippen LogP contribution in [0.4, 0.5) is 0 Å². The Balaban J connectivity index is 2.15. The zero-order valence-electron chi connectivity index (χ0n) is 12.2. The summed E-state index contributed by atoms with van der Waals surface area (Å²) in [6.07, 6.45) is 5.25. The van der Waals surface area contributed by atoms with Crippen LogP contribution in [0.3, 0.4) is 0 Å². The number of hydrogen-bond acceptors (Lipinski definition) is 4. The number of nitrogens with zero attached hydrogens (tertiary/aromatic N) is 2. The third-order valence-electron chi connectivity index (χ3n) is 4.13. The van der Waals surface area contributed by atoms with E-state index >= 15 is 0 Å². The van der Waals surface area contributed by atoms with Crippen molar-refractivity contribution in [2.45, 2.75) is 57.7 Å². The van der Waals surface area contributed by atoms with Crippen LogP contribution in [0, 0.1) is 0 Å². The Morgan fingerprint density at radius 2 is 2.45 bits per heavy atom. The first-order chi connectivity index (χ1) is 9.49. The lowest BCUT2D eigenvalue weighted by atomic mass is 9.91. The second-order valence-electron chi connectivity index (χ2n) is 5.68. The standard InChI is InChI=1S/C14H24N4O2/c1-3-14(2,15)13(20)17-11-5-4-6-12-10(11)9-16-18(12)7-8-19/h9,11,19H,3-8,15H2,1-2H3,(H,17,20). The van der Waals surface area contributed by atoms with Gasteiger partial charge in [-0.3, -0.25) is 9.48 Å². The maximum Gasteiger partial charge on any atom is 0.240 e. The van der Waals surface area contributed by atoms with Crippen LogP contribution in [0.25, 0.3) is 0 Å². The normalized spacial score (nSPS) is 21.1. The van der Waals surface area contributed by atoms with E-state index in [0.29, 0.717) is 13.0 Å². The molecule has 0 radical (unpaired) electrons. The van der Waals surface area contributed by atoms with Gasteiger partial charge in [0.2, 0.25) is 5.91 Å². The molecule has 0 bridgehead atoms. The smallest absolute Gasteiger partial charge is 0.240 e. The lowest BCUT2D eigenvalue weighted by Crippen LogP contribution is -2.52. The van der Waals surface area contributed by atoms with E-state index in [4.69, 9.17) is 10.8 Å². The van der Waals surface area contributed by atoms with E-state index in [9.17, 15) is 4.79 Å². The molecule has 6 nitrogen and oxygen atoms in total. The van der Waals surface area contributed by atoms with Crippen molar-refractivity contribution >= 4 is 5.91 Å². The van der Waals surface area contributed by atoms with Gasteiger partial charge in [0.15, 0.2) is 0 Å². The molecule has 0 saturated carbocycles. The molecule has 0 aliphatic heterocycles. The molecule has 1 aromatic rings. The molecular formula is C14H24N4O2. The zero-order valence-corrected chi connectivity index (χ0v) is 12.2. The summed E-state index contributed by atoms with van der Waals surface area (Å²) < 4.78 is 1.83. The van der Waals surface area contributed by atoms with Gasteiger partial charge in [-0.25, -0.2) is 0 Å². The monoisotopic (exact) mass is 280 g/mol. The molecule has 1 aliphatic carbocycles. The van der Waals surface area contributed by atoms with Crippen molar-refractivity contribution in [3.8, 4) is 0 Å². The second kappa shape index (κ2) is 5.93. The van der Waals surface area contributed by atoms with Crippen LogP contribution in [-0.4, -0.2) is 32.9 Å². The highest BCUT2D eigenvalue weighted by molar-refractivity contribution is 5.85. The zero-order chi connectivity index (χ0) is 14.8. The number of carbonyl (C=O) groups excluding carboxylic acids is 1. The molecule has 2 rings (SSSR count). The average Bonchev–Trinajstić information content (AvgIpc) is 2.84. The summed E-state index contributed by atoms with van der Waals surface area (Å²) in [5, 5.41) is 16.4. The first kappa shape index (κ1) is 15.0. The van der Waals surface area contributed by atoms with Gasteiger partial charge in [0, 0.05) is 11.3 Å². The minimum atomic E-state index is -0.835. The number of amides is 1. The van der Waals surface area contributed by atoms with Gasteiger partial charge >= 0.3 is 0 Å². The summed E-state index contributed by atoms with van der Waals surface area (Å²) in [5.41, 5.74) is 7.33. The summed E-state index contributed by atoms with van der Waals surface area (Å²) in [7, 11) is 0. The van der Waals surface area contributed by atoms with Gasteiger partial charge in [-0.2, -0.15) is 5.10 Å². The molecule has 1 heterocycles. The summed E-state index contributed by atoms with van der Waals surface area (Å²) in [6.45, 7) is 4.23. The maximum atomic E-state index is 12.2. The molecule has 0 fully saturated rings. The minimum absolute atomic E-state index is 0.0203. The maximum absolute atomic E-state index is 12.2. The molecule has 2 atom stereocenters. The third-order valence-corrected chi connectivity index (χ3v) is 4.13. The number of hydrogen-bond donors (Lipinski definition) is 3. The number of aliphatic hydroxyl groups excluding tert-OH is 1. The third kappa shape index (κ3) is 2.86. The summed E-state index contributed by atoms with van der Waals surface area (Å²) in [5.74, 6) is -0.118. The van der Waals surface area contributed by atoms with Gasteiger partial charge in [-0.15, -0.1) is 0 Å². The molecule has 0 aromatic carbocycles. The van der Waals surface area contributed by atoms with Gasteiger partial charge in [0.1, 0.15) is 0 Å². The van der Waals surface area contributed by atoms with E-state index in [-0.39, 0.29) is 18.6 Å². The molecule has 1 aliphatic rings. The first-order valence-electron chi connectivity index (χ1n) is 7.25. The molecule has 20 heavy (non-hydrogen) atoms. The molecule has 6 heteroatoms. The van der Waals surface area contributed by atoms with Crippen molar-refractivity contribution in [3.63, 3.8) is 0 Å². The molecule has 1 aromatic heterocycles. The highest BCUT2D eigenvalue weighted by Crippen LogP contribution is 2.30. The Labute approximate surface area is 119 Å². The van der Waals surface area contributed by atoms with Crippen LogP contribution in [0.1, 0.15) is 50.4 Å². The largest absolute Gasteiger partial charge is 0.394 e. The lowest BCUT2D eigenvalue weighted by Gasteiger charge is -2.29. The lowest BCUT2D eigenvalue weighted by molar-refractivity contribution is -0.126. The summed E-state index contributed by atoms with van der Waals surface area (Å²) in [4.78, 5) is 12.2.